The van der Waals surface area contributed by atoms with E-state index in [0.717, 1.165) is 12.8 Å². The van der Waals surface area contributed by atoms with E-state index in [9.17, 15) is 4.79 Å². The highest BCUT2D eigenvalue weighted by molar-refractivity contribution is 5.79. The topological polar surface area (TPSA) is 109 Å². The summed E-state index contributed by atoms with van der Waals surface area (Å²) < 4.78 is 1.50. The average Bonchev–Trinajstić information content (AvgIpc) is 2.86. The van der Waals surface area contributed by atoms with Crippen LogP contribution in [-0.2, 0) is 4.79 Å². The van der Waals surface area contributed by atoms with Crippen LogP contribution in [-0.4, -0.2) is 33.8 Å². The van der Waals surface area contributed by atoms with Crippen molar-refractivity contribution in [3.8, 4) is 0 Å². The van der Waals surface area contributed by atoms with Gasteiger partial charge in [-0.1, -0.05) is 5.11 Å². The zero-order valence-electron chi connectivity index (χ0n) is 9.65. The van der Waals surface area contributed by atoms with Crippen LogP contribution in [0.4, 0.5) is 0 Å². The normalized spacial score (nSPS) is 11.6. The molecule has 1 heterocycles. The van der Waals surface area contributed by atoms with E-state index in [1.165, 1.54) is 17.3 Å². The lowest BCUT2D eigenvalue weighted by atomic mass is 10.3. The maximum Gasteiger partial charge on any atom is 0.244 e. The summed E-state index contributed by atoms with van der Waals surface area (Å²) in [6.45, 7) is 2.79. The van der Waals surface area contributed by atoms with Crippen LogP contribution in [0.25, 0.3) is 10.4 Å². The van der Waals surface area contributed by atoms with Crippen molar-refractivity contribution in [1.82, 2.24) is 20.1 Å². The van der Waals surface area contributed by atoms with Gasteiger partial charge >= 0.3 is 0 Å². The van der Waals surface area contributed by atoms with Crippen LogP contribution in [0.15, 0.2) is 17.8 Å². The lowest BCUT2D eigenvalue weighted by Crippen LogP contribution is -2.32. The molecule has 1 amide bonds. The number of hydrogen-bond donors (Lipinski definition) is 1. The van der Waals surface area contributed by atoms with Gasteiger partial charge in [-0.25, -0.2) is 9.67 Å². The molecule has 0 aliphatic heterocycles. The molecule has 1 atom stereocenters. The molecule has 0 aromatic carbocycles. The molecular weight excluding hydrogens is 222 g/mol. The first-order valence-corrected chi connectivity index (χ1v) is 5.38. The number of nitrogens with one attached hydrogen (secondary N) is 1. The smallest absolute Gasteiger partial charge is 0.244 e. The summed E-state index contributed by atoms with van der Waals surface area (Å²) in [7, 11) is 0. The molecule has 92 valence electrons. The number of carbonyl (C=O) groups is 1. The summed E-state index contributed by atoms with van der Waals surface area (Å²) >= 11 is 0. The Labute approximate surface area is 98.7 Å². The second-order valence-corrected chi connectivity index (χ2v) is 3.50. The molecule has 0 aliphatic rings. The molecule has 17 heavy (non-hydrogen) atoms. The standard InChI is InChI=1S/C9H15N7O/c1-8(16-7-11-6-14-16)9(17)12-4-2-3-5-13-15-10/h6-8H,2-5H2,1H3,(H,12,17). The van der Waals surface area contributed by atoms with Gasteiger partial charge < -0.3 is 5.32 Å². The fourth-order valence-electron chi connectivity index (χ4n) is 1.25. The van der Waals surface area contributed by atoms with Crippen LogP contribution in [0.3, 0.4) is 0 Å². The molecule has 1 rings (SSSR count). The van der Waals surface area contributed by atoms with Crippen LogP contribution in [0.2, 0.25) is 0 Å². The Balaban J connectivity index is 2.19. The van der Waals surface area contributed by atoms with Crippen molar-refractivity contribution in [1.29, 1.82) is 0 Å². The fraction of sp³-hybridized carbons (Fsp3) is 0.667. The number of amides is 1. The largest absolute Gasteiger partial charge is 0.354 e. The van der Waals surface area contributed by atoms with E-state index in [1.807, 2.05) is 0 Å². The van der Waals surface area contributed by atoms with E-state index < -0.39 is 0 Å². The van der Waals surface area contributed by atoms with Gasteiger partial charge in [0.05, 0.1) is 0 Å². The van der Waals surface area contributed by atoms with Crippen molar-refractivity contribution in [3.63, 3.8) is 0 Å². The van der Waals surface area contributed by atoms with E-state index in [-0.39, 0.29) is 11.9 Å². The Morgan fingerprint density at radius 1 is 1.65 bits per heavy atom. The SMILES string of the molecule is CC(C(=O)NCCCCN=[N+]=[N-])n1cncn1. The summed E-state index contributed by atoms with van der Waals surface area (Å²) in [6.07, 6.45) is 4.45. The summed E-state index contributed by atoms with van der Waals surface area (Å²) in [4.78, 5) is 18.1. The first-order valence-electron chi connectivity index (χ1n) is 5.38. The molecule has 0 fully saturated rings. The maximum absolute atomic E-state index is 11.6. The number of carbonyl (C=O) groups excluding carboxylic acids is 1. The van der Waals surface area contributed by atoms with Gasteiger partial charge in [0.1, 0.15) is 18.7 Å². The molecule has 1 unspecified atom stereocenters. The third-order valence-electron chi connectivity index (χ3n) is 2.26. The average molecular weight is 237 g/mol. The molecule has 1 aromatic rings. The lowest BCUT2D eigenvalue weighted by Gasteiger charge is -2.11. The maximum atomic E-state index is 11.6. The van der Waals surface area contributed by atoms with Crippen LogP contribution >= 0.6 is 0 Å². The van der Waals surface area contributed by atoms with Gasteiger partial charge in [0.25, 0.3) is 0 Å². The van der Waals surface area contributed by atoms with Crippen molar-refractivity contribution in [2.45, 2.75) is 25.8 Å². The Morgan fingerprint density at radius 2 is 2.47 bits per heavy atom. The number of azide groups is 1. The second kappa shape index (κ2) is 7.24. The van der Waals surface area contributed by atoms with Crippen molar-refractivity contribution >= 4 is 5.91 Å². The third kappa shape index (κ3) is 4.52. The number of unbranched alkanes of at least 4 members (excludes halogenated alkanes) is 1. The molecule has 8 heteroatoms. The number of aromatic nitrogens is 3. The van der Waals surface area contributed by atoms with Gasteiger partial charge in [-0.15, -0.1) is 0 Å². The van der Waals surface area contributed by atoms with Crippen LogP contribution in [0.5, 0.6) is 0 Å². The molecule has 1 aromatic heterocycles. The van der Waals surface area contributed by atoms with Crippen LogP contribution in [0, 0.1) is 0 Å². The molecule has 0 saturated heterocycles. The predicted molar refractivity (Wildman–Crippen MR) is 61.0 cm³/mol. The Morgan fingerprint density at radius 3 is 3.12 bits per heavy atom. The van der Waals surface area contributed by atoms with Gasteiger partial charge in [0.15, 0.2) is 0 Å². The Hall–Kier alpha value is -2.08. The summed E-state index contributed by atoms with van der Waals surface area (Å²) in [6, 6.07) is -0.366. The number of nitrogens with zero attached hydrogens (tertiary/aromatic N) is 6. The molecule has 1 N–H and O–H groups in total. The van der Waals surface area contributed by atoms with Gasteiger partial charge in [0, 0.05) is 18.0 Å². The molecule has 0 aliphatic carbocycles. The van der Waals surface area contributed by atoms with Gasteiger partial charge in [0.2, 0.25) is 5.91 Å². The minimum atomic E-state index is -0.366. The van der Waals surface area contributed by atoms with Crippen molar-refractivity contribution in [2.24, 2.45) is 5.11 Å². The minimum absolute atomic E-state index is 0.0979. The number of rotatable bonds is 7. The molecular formula is C9H15N7O. The molecule has 0 saturated carbocycles. The van der Waals surface area contributed by atoms with E-state index in [2.05, 4.69) is 25.4 Å². The highest BCUT2D eigenvalue weighted by atomic mass is 16.2. The van der Waals surface area contributed by atoms with Crippen LogP contribution < -0.4 is 5.32 Å². The van der Waals surface area contributed by atoms with E-state index in [4.69, 9.17) is 5.53 Å². The van der Waals surface area contributed by atoms with Gasteiger partial charge in [-0.2, -0.15) is 5.10 Å². The quantitative estimate of drug-likeness (QED) is 0.331. The Bertz CT molecular complexity index is 382. The van der Waals surface area contributed by atoms with E-state index in [1.54, 1.807) is 6.92 Å². The van der Waals surface area contributed by atoms with E-state index in [0.29, 0.717) is 13.1 Å². The van der Waals surface area contributed by atoms with Crippen molar-refractivity contribution in [3.05, 3.63) is 23.1 Å². The summed E-state index contributed by atoms with van der Waals surface area (Å²) in [5.41, 5.74) is 8.06. The lowest BCUT2D eigenvalue weighted by molar-refractivity contribution is -0.124. The second-order valence-electron chi connectivity index (χ2n) is 3.50. The van der Waals surface area contributed by atoms with Crippen molar-refractivity contribution < 1.29 is 4.79 Å². The highest BCUT2D eigenvalue weighted by Gasteiger charge is 2.13. The van der Waals surface area contributed by atoms with Crippen molar-refractivity contribution in [2.75, 3.05) is 13.1 Å². The molecule has 0 spiro atoms. The monoisotopic (exact) mass is 237 g/mol. The minimum Gasteiger partial charge on any atom is -0.354 e. The highest BCUT2D eigenvalue weighted by Crippen LogP contribution is 2.01. The summed E-state index contributed by atoms with van der Waals surface area (Å²) in [5.74, 6) is -0.0979. The van der Waals surface area contributed by atoms with E-state index >= 15 is 0 Å². The Kier molecular flexibility index (Phi) is 5.53. The molecule has 0 radical (unpaired) electrons. The molecule has 0 bridgehead atoms. The molecule has 8 nitrogen and oxygen atoms in total. The first kappa shape index (κ1) is 13.0. The third-order valence-corrected chi connectivity index (χ3v) is 2.26. The number of hydrogen-bond acceptors (Lipinski definition) is 4. The fourth-order valence-corrected chi connectivity index (χ4v) is 1.25. The summed E-state index contributed by atoms with van der Waals surface area (Å²) in [5, 5.41) is 10.1. The van der Waals surface area contributed by atoms with Gasteiger partial charge in [-0.05, 0) is 25.3 Å². The zero-order valence-corrected chi connectivity index (χ0v) is 9.65. The van der Waals surface area contributed by atoms with Crippen LogP contribution in [0.1, 0.15) is 25.8 Å². The van der Waals surface area contributed by atoms with Gasteiger partial charge in [-0.3, -0.25) is 4.79 Å². The first-order chi connectivity index (χ1) is 8.25. The predicted octanol–water partition coefficient (Wildman–Crippen LogP) is 1.05. The zero-order chi connectivity index (χ0) is 12.5.